The molecule has 0 bridgehead atoms. The molecule has 0 aliphatic carbocycles. The maximum absolute atomic E-state index is 12.1. The van der Waals surface area contributed by atoms with Gasteiger partial charge in [-0.25, -0.2) is 13.2 Å². The highest BCUT2D eigenvalue weighted by molar-refractivity contribution is 7.90. The van der Waals surface area contributed by atoms with Crippen molar-refractivity contribution in [1.82, 2.24) is 4.90 Å². The van der Waals surface area contributed by atoms with Gasteiger partial charge in [-0.2, -0.15) is 0 Å². The number of carbonyl (C=O) groups is 2. The Bertz CT molecular complexity index is 634. The molecule has 110 valence electrons. The molecule has 0 aromatic carbocycles. The fourth-order valence-corrected chi connectivity index (χ4v) is 3.72. The number of nitrogens with zero attached hydrogens (tertiary/aromatic N) is 1. The fourth-order valence-electron chi connectivity index (χ4n) is 2.27. The summed E-state index contributed by atoms with van der Waals surface area (Å²) in [6.07, 6.45) is 1.49. The van der Waals surface area contributed by atoms with Crippen LogP contribution in [0.25, 0.3) is 0 Å². The monoisotopic (exact) mass is 317 g/mol. The molecule has 0 radical (unpaired) electrons. The van der Waals surface area contributed by atoms with E-state index < -0.39 is 27.8 Å². The van der Waals surface area contributed by atoms with Crippen LogP contribution in [0.1, 0.15) is 22.9 Å². The molecule has 20 heavy (non-hydrogen) atoms. The number of hydrogen-bond acceptors (Lipinski definition) is 5. The molecule has 1 N–H and O–H groups in total. The highest BCUT2D eigenvalue weighted by atomic mass is 32.2. The largest absolute Gasteiger partial charge is 0.479 e. The topological polar surface area (TPSA) is 91.8 Å². The third-order valence-electron chi connectivity index (χ3n) is 3.21. The Morgan fingerprint density at radius 1 is 1.50 bits per heavy atom. The van der Waals surface area contributed by atoms with Gasteiger partial charge in [0.05, 0.1) is 5.75 Å². The minimum atomic E-state index is -3.24. The zero-order chi connectivity index (χ0) is 14.9. The van der Waals surface area contributed by atoms with Crippen molar-refractivity contribution in [3.63, 3.8) is 0 Å². The Morgan fingerprint density at radius 2 is 2.20 bits per heavy atom. The lowest BCUT2D eigenvalue weighted by Crippen LogP contribution is -2.43. The van der Waals surface area contributed by atoms with Gasteiger partial charge in [0.15, 0.2) is 6.04 Å². The van der Waals surface area contributed by atoms with Gasteiger partial charge in [-0.15, -0.1) is 11.3 Å². The summed E-state index contributed by atoms with van der Waals surface area (Å²) in [5, 5.41) is 11.2. The standard InChI is InChI=1S/C12H15NO5S2/c1-20(17,18)7-4-10(14)13-5-2-9-8(3-6-19-9)11(13)12(15)16/h3,6,11H,2,4-5,7H2,1H3,(H,15,16). The maximum atomic E-state index is 12.1. The summed E-state index contributed by atoms with van der Waals surface area (Å²) in [7, 11) is -3.24. The number of fused-ring (bicyclic) bond motifs is 1. The number of amides is 1. The Labute approximate surface area is 120 Å². The lowest BCUT2D eigenvalue weighted by molar-refractivity contribution is -0.151. The van der Waals surface area contributed by atoms with E-state index in [0.29, 0.717) is 18.5 Å². The van der Waals surface area contributed by atoms with Crippen LogP contribution in [0.3, 0.4) is 0 Å². The minimum Gasteiger partial charge on any atom is -0.479 e. The normalized spacial score (nSPS) is 18.6. The molecule has 1 aromatic heterocycles. The second kappa shape index (κ2) is 5.53. The van der Waals surface area contributed by atoms with Crippen LogP contribution in [0.15, 0.2) is 11.4 Å². The van der Waals surface area contributed by atoms with Gasteiger partial charge in [-0.3, -0.25) is 4.79 Å². The average Bonchev–Trinajstić information content (AvgIpc) is 2.81. The van der Waals surface area contributed by atoms with Crippen LogP contribution >= 0.6 is 11.3 Å². The molecule has 1 aromatic rings. The second-order valence-corrected chi connectivity index (χ2v) is 8.02. The summed E-state index contributed by atoms with van der Waals surface area (Å²) in [5.41, 5.74) is 0.640. The van der Waals surface area contributed by atoms with Crippen LogP contribution in [-0.2, 0) is 25.8 Å². The number of hydrogen-bond donors (Lipinski definition) is 1. The zero-order valence-corrected chi connectivity index (χ0v) is 12.5. The molecule has 0 fully saturated rings. The van der Waals surface area contributed by atoms with E-state index in [-0.39, 0.29) is 12.2 Å². The zero-order valence-electron chi connectivity index (χ0n) is 10.9. The van der Waals surface area contributed by atoms with Crippen LogP contribution in [0.4, 0.5) is 0 Å². The van der Waals surface area contributed by atoms with E-state index in [1.165, 1.54) is 16.2 Å². The highest BCUT2D eigenvalue weighted by Crippen LogP contribution is 2.33. The van der Waals surface area contributed by atoms with Crippen molar-refractivity contribution in [3.05, 3.63) is 21.9 Å². The fraction of sp³-hybridized carbons (Fsp3) is 0.500. The lowest BCUT2D eigenvalue weighted by Gasteiger charge is -2.33. The number of aliphatic carboxylic acids is 1. The van der Waals surface area contributed by atoms with Gasteiger partial charge in [0.25, 0.3) is 0 Å². The van der Waals surface area contributed by atoms with E-state index in [9.17, 15) is 23.1 Å². The summed E-state index contributed by atoms with van der Waals surface area (Å²) in [6, 6.07) is 0.714. The molecule has 2 heterocycles. The molecule has 6 nitrogen and oxygen atoms in total. The molecule has 0 spiro atoms. The van der Waals surface area contributed by atoms with Crippen molar-refractivity contribution in [3.8, 4) is 0 Å². The summed E-state index contributed by atoms with van der Waals surface area (Å²) in [6.45, 7) is 0.313. The molecule has 1 amide bonds. The van der Waals surface area contributed by atoms with Crippen molar-refractivity contribution < 1.29 is 23.1 Å². The molecule has 1 aliphatic rings. The van der Waals surface area contributed by atoms with Crippen molar-refractivity contribution in [2.24, 2.45) is 0 Å². The van der Waals surface area contributed by atoms with Crippen LogP contribution in [0, 0.1) is 0 Å². The van der Waals surface area contributed by atoms with Gasteiger partial charge in [0, 0.05) is 24.1 Å². The molecule has 1 atom stereocenters. The van der Waals surface area contributed by atoms with Gasteiger partial charge in [-0.1, -0.05) is 0 Å². The summed E-state index contributed by atoms with van der Waals surface area (Å²) < 4.78 is 22.2. The first-order valence-corrected chi connectivity index (χ1v) is 9.00. The first-order valence-electron chi connectivity index (χ1n) is 6.06. The Morgan fingerprint density at radius 3 is 2.80 bits per heavy atom. The van der Waals surface area contributed by atoms with Crippen LogP contribution in [0.2, 0.25) is 0 Å². The summed E-state index contributed by atoms with van der Waals surface area (Å²) >= 11 is 1.48. The maximum Gasteiger partial charge on any atom is 0.331 e. The van der Waals surface area contributed by atoms with Gasteiger partial charge < -0.3 is 10.0 Å². The summed E-state index contributed by atoms with van der Waals surface area (Å²) in [4.78, 5) is 25.8. The van der Waals surface area contributed by atoms with Crippen molar-refractivity contribution in [2.75, 3.05) is 18.6 Å². The van der Waals surface area contributed by atoms with E-state index in [2.05, 4.69) is 0 Å². The van der Waals surface area contributed by atoms with Crippen molar-refractivity contribution in [2.45, 2.75) is 18.9 Å². The van der Waals surface area contributed by atoms with E-state index in [1.54, 1.807) is 6.07 Å². The number of thiophene rings is 1. The molecule has 0 saturated heterocycles. The number of rotatable bonds is 4. The third kappa shape index (κ3) is 3.18. The van der Waals surface area contributed by atoms with E-state index >= 15 is 0 Å². The molecule has 1 unspecified atom stereocenters. The lowest BCUT2D eigenvalue weighted by atomic mass is 10.00. The molecular formula is C12H15NO5S2. The first kappa shape index (κ1) is 15.0. The Balaban J connectivity index is 2.19. The van der Waals surface area contributed by atoms with Crippen molar-refractivity contribution >= 4 is 33.1 Å². The summed E-state index contributed by atoms with van der Waals surface area (Å²) in [5.74, 6) is -1.78. The van der Waals surface area contributed by atoms with Gasteiger partial charge in [-0.05, 0) is 23.4 Å². The predicted molar refractivity (Wildman–Crippen MR) is 74.4 cm³/mol. The van der Waals surface area contributed by atoms with Crippen LogP contribution < -0.4 is 0 Å². The molecule has 2 rings (SSSR count). The third-order valence-corrected chi connectivity index (χ3v) is 5.15. The second-order valence-electron chi connectivity index (χ2n) is 4.76. The number of carboxylic acid groups (broad SMARTS) is 1. The van der Waals surface area contributed by atoms with Gasteiger partial charge >= 0.3 is 5.97 Å². The van der Waals surface area contributed by atoms with Crippen molar-refractivity contribution in [1.29, 1.82) is 0 Å². The quantitative estimate of drug-likeness (QED) is 0.882. The number of carbonyl (C=O) groups excluding carboxylic acids is 1. The Hall–Kier alpha value is -1.41. The minimum absolute atomic E-state index is 0.178. The first-order chi connectivity index (χ1) is 9.29. The van der Waals surface area contributed by atoms with E-state index in [0.717, 1.165) is 11.1 Å². The smallest absolute Gasteiger partial charge is 0.331 e. The van der Waals surface area contributed by atoms with Crippen LogP contribution in [-0.4, -0.2) is 48.9 Å². The molecule has 1 aliphatic heterocycles. The van der Waals surface area contributed by atoms with E-state index in [4.69, 9.17) is 0 Å². The van der Waals surface area contributed by atoms with Crippen LogP contribution in [0.5, 0.6) is 0 Å². The average molecular weight is 317 g/mol. The molecule has 0 saturated carbocycles. The van der Waals surface area contributed by atoms with E-state index in [1.807, 2.05) is 5.38 Å². The number of carboxylic acids is 1. The van der Waals surface area contributed by atoms with Gasteiger partial charge in [0.1, 0.15) is 9.84 Å². The highest BCUT2D eigenvalue weighted by Gasteiger charge is 2.36. The Kier molecular flexibility index (Phi) is 4.14. The van der Waals surface area contributed by atoms with Gasteiger partial charge in [0.2, 0.25) is 5.91 Å². The molecule has 8 heteroatoms. The predicted octanol–water partition coefficient (Wildman–Crippen LogP) is 0.693. The SMILES string of the molecule is CS(=O)(=O)CCC(=O)N1CCc2sccc2C1C(=O)O. The molecular weight excluding hydrogens is 302 g/mol. The number of sulfone groups is 1.